The zero-order valence-electron chi connectivity index (χ0n) is 15.8. The molecule has 3 heterocycles. The van der Waals surface area contributed by atoms with Crippen LogP contribution < -0.4 is 9.62 Å². The van der Waals surface area contributed by atoms with Crippen molar-refractivity contribution in [3.8, 4) is 0 Å². The smallest absolute Gasteiger partial charge is 0.246 e. The minimum Gasteiger partial charge on any atom is -0.378 e. The molecule has 0 unspecified atom stereocenters. The van der Waals surface area contributed by atoms with Gasteiger partial charge in [-0.3, -0.25) is 4.79 Å². The second-order valence-electron chi connectivity index (χ2n) is 6.87. The van der Waals surface area contributed by atoms with Gasteiger partial charge in [-0.1, -0.05) is 6.07 Å². The summed E-state index contributed by atoms with van der Waals surface area (Å²) in [5.74, 6) is -2.44. The van der Waals surface area contributed by atoms with E-state index in [1.165, 1.54) is 4.90 Å². The quantitative estimate of drug-likeness (QED) is 0.720. The summed E-state index contributed by atoms with van der Waals surface area (Å²) < 4.78 is 59.3. The number of amides is 1. The van der Waals surface area contributed by atoms with Crippen molar-refractivity contribution in [1.82, 2.24) is 19.6 Å². The lowest BCUT2D eigenvalue weighted by atomic mass is 10.3. The van der Waals surface area contributed by atoms with E-state index in [-0.39, 0.29) is 13.1 Å². The zero-order valence-corrected chi connectivity index (χ0v) is 16.7. The summed E-state index contributed by atoms with van der Waals surface area (Å²) in [6, 6.07) is 2.73. The molecule has 160 valence electrons. The molecule has 1 fully saturated rings. The second-order valence-corrected chi connectivity index (χ2v) is 8.57. The van der Waals surface area contributed by atoms with Crippen LogP contribution in [0.2, 0.25) is 0 Å². The fourth-order valence-electron chi connectivity index (χ4n) is 3.31. The van der Waals surface area contributed by atoms with Gasteiger partial charge in [-0.05, 0) is 12.1 Å². The van der Waals surface area contributed by atoms with E-state index in [9.17, 15) is 22.0 Å². The molecule has 30 heavy (non-hydrogen) atoms. The number of sulfonamides is 1. The topological polar surface area (TPSA) is 105 Å². The number of anilines is 1. The van der Waals surface area contributed by atoms with Crippen molar-refractivity contribution in [2.75, 3.05) is 37.7 Å². The molecule has 0 radical (unpaired) electrons. The molecule has 0 saturated carbocycles. The van der Waals surface area contributed by atoms with Crippen molar-refractivity contribution in [2.24, 2.45) is 0 Å². The Morgan fingerprint density at radius 1 is 1.17 bits per heavy atom. The first-order chi connectivity index (χ1) is 14.3. The number of morpholine rings is 1. The summed E-state index contributed by atoms with van der Waals surface area (Å²) in [5.41, 5.74) is 1.45. The fourth-order valence-corrected chi connectivity index (χ4v) is 4.42. The number of ether oxygens (including phenoxy) is 1. The van der Waals surface area contributed by atoms with Crippen LogP contribution in [0.1, 0.15) is 11.3 Å². The van der Waals surface area contributed by atoms with Crippen molar-refractivity contribution in [3.63, 3.8) is 0 Å². The first-order valence-corrected chi connectivity index (χ1v) is 10.7. The molecule has 1 amide bonds. The van der Waals surface area contributed by atoms with Crippen molar-refractivity contribution in [1.29, 1.82) is 0 Å². The summed E-state index contributed by atoms with van der Waals surface area (Å²) in [7, 11) is -4.53. The van der Waals surface area contributed by atoms with Crippen molar-refractivity contribution in [3.05, 3.63) is 47.3 Å². The lowest BCUT2D eigenvalue weighted by molar-refractivity contribution is -0.130. The lowest BCUT2D eigenvalue weighted by Gasteiger charge is -2.26. The maximum Gasteiger partial charge on any atom is 0.246 e. The SMILES string of the molecule is O=C(CNS(=O)(=O)c1c(F)cccc1F)N1Cc2cnc(N3CCOCC3)nc2C1. The number of aromatic nitrogens is 2. The number of halogens is 2. The van der Waals surface area contributed by atoms with E-state index >= 15 is 0 Å². The van der Waals surface area contributed by atoms with Gasteiger partial charge in [0.05, 0.1) is 32.0 Å². The van der Waals surface area contributed by atoms with Gasteiger partial charge in [0.25, 0.3) is 0 Å². The average Bonchev–Trinajstić information content (AvgIpc) is 3.16. The monoisotopic (exact) mass is 439 g/mol. The number of benzene rings is 1. The van der Waals surface area contributed by atoms with Crippen LogP contribution in [0.5, 0.6) is 0 Å². The maximum atomic E-state index is 13.8. The largest absolute Gasteiger partial charge is 0.378 e. The highest BCUT2D eigenvalue weighted by molar-refractivity contribution is 7.89. The molecule has 0 atom stereocenters. The molecule has 0 spiro atoms. The predicted octanol–water partition coefficient (Wildman–Crippen LogP) is 0.412. The Kier molecular flexibility index (Phi) is 5.62. The van der Waals surface area contributed by atoms with Gasteiger partial charge in [0, 0.05) is 31.4 Å². The van der Waals surface area contributed by atoms with Crippen LogP contribution in [-0.4, -0.2) is 62.0 Å². The fraction of sp³-hybridized carbons (Fsp3) is 0.389. The van der Waals surface area contributed by atoms with Crippen LogP contribution in [0, 0.1) is 11.6 Å². The Labute approximate surface area is 171 Å². The van der Waals surface area contributed by atoms with Gasteiger partial charge in [-0.2, -0.15) is 0 Å². The van der Waals surface area contributed by atoms with E-state index in [0.717, 1.165) is 23.8 Å². The van der Waals surface area contributed by atoms with Gasteiger partial charge in [0.1, 0.15) is 11.6 Å². The number of rotatable bonds is 5. The Hall–Kier alpha value is -2.70. The molecule has 9 nitrogen and oxygen atoms in total. The number of hydrogen-bond donors (Lipinski definition) is 1. The molecule has 1 aromatic heterocycles. The summed E-state index contributed by atoms with van der Waals surface area (Å²) >= 11 is 0. The normalized spacial score (nSPS) is 16.6. The van der Waals surface area contributed by atoms with Crippen LogP contribution >= 0.6 is 0 Å². The minimum atomic E-state index is -4.53. The molecule has 2 aliphatic rings. The molecule has 0 bridgehead atoms. The van der Waals surface area contributed by atoms with E-state index < -0.39 is 39.0 Å². The maximum absolute atomic E-state index is 13.8. The molecule has 1 saturated heterocycles. The highest BCUT2D eigenvalue weighted by atomic mass is 32.2. The number of nitrogens with one attached hydrogen (secondary N) is 1. The van der Waals surface area contributed by atoms with E-state index in [1.807, 2.05) is 9.62 Å². The molecule has 2 aliphatic heterocycles. The first kappa shape index (κ1) is 20.6. The Morgan fingerprint density at radius 3 is 2.57 bits per heavy atom. The third-order valence-electron chi connectivity index (χ3n) is 4.89. The van der Waals surface area contributed by atoms with Crippen molar-refractivity contribution >= 4 is 21.9 Å². The standard InChI is InChI=1S/C18H19F2N5O4S/c19-13-2-1-3-14(20)17(13)30(27,28)22-9-16(26)25-10-12-8-21-18(23-15(12)11-25)24-4-6-29-7-5-24/h1-3,8,22H,4-7,9-11H2. The number of fused-ring (bicyclic) bond motifs is 1. The van der Waals surface area contributed by atoms with Crippen molar-refractivity contribution in [2.45, 2.75) is 18.0 Å². The van der Waals surface area contributed by atoms with Crippen LogP contribution in [-0.2, 0) is 32.6 Å². The van der Waals surface area contributed by atoms with Gasteiger partial charge in [-0.25, -0.2) is 31.9 Å². The van der Waals surface area contributed by atoms with Crippen molar-refractivity contribution < 1.29 is 26.7 Å². The Morgan fingerprint density at radius 2 is 1.87 bits per heavy atom. The summed E-state index contributed by atoms with van der Waals surface area (Å²) in [6.07, 6.45) is 1.65. The van der Waals surface area contributed by atoms with Gasteiger partial charge in [0.15, 0.2) is 4.90 Å². The van der Waals surface area contributed by atoms with E-state index in [0.29, 0.717) is 37.9 Å². The van der Waals surface area contributed by atoms with Crippen LogP contribution in [0.3, 0.4) is 0 Å². The van der Waals surface area contributed by atoms with Gasteiger partial charge < -0.3 is 14.5 Å². The summed E-state index contributed by atoms with van der Waals surface area (Å²) in [5, 5.41) is 0. The predicted molar refractivity (Wildman–Crippen MR) is 101 cm³/mol. The number of carbonyl (C=O) groups excluding carboxylic acids is 1. The van der Waals surface area contributed by atoms with Crippen LogP contribution in [0.4, 0.5) is 14.7 Å². The highest BCUT2D eigenvalue weighted by Gasteiger charge is 2.29. The Balaban J connectivity index is 1.41. The van der Waals surface area contributed by atoms with Gasteiger partial charge in [0.2, 0.25) is 21.9 Å². The second kappa shape index (κ2) is 8.20. The van der Waals surface area contributed by atoms with Gasteiger partial charge >= 0.3 is 0 Å². The molecule has 12 heteroatoms. The lowest BCUT2D eigenvalue weighted by Crippen LogP contribution is -2.38. The molecular formula is C18H19F2N5O4S. The highest BCUT2D eigenvalue weighted by Crippen LogP contribution is 2.23. The summed E-state index contributed by atoms with van der Waals surface area (Å²) in [6.45, 7) is 2.33. The van der Waals surface area contributed by atoms with Crippen LogP contribution in [0.15, 0.2) is 29.3 Å². The Bertz CT molecular complexity index is 1060. The third-order valence-corrected chi connectivity index (χ3v) is 6.34. The van der Waals surface area contributed by atoms with Gasteiger partial charge in [-0.15, -0.1) is 0 Å². The molecule has 2 aromatic rings. The number of hydrogen-bond acceptors (Lipinski definition) is 7. The molecule has 4 rings (SSSR count). The van der Waals surface area contributed by atoms with E-state index in [2.05, 4.69) is 9.97 Å². The number of carbonyl (C=O) groups is 1. The average molecular weight is 439 g/mol. The van der Waals surface area contributed by atoms with E-state index in [4.69, 9.17) is 4.74 Å². The molecule has 1 N–H and O–H groups in total. The molecular weight excluding hydrogens is 420 g/mol. The first-order valence-electron chi connectivity index (χ1n) is 9.24. The third kappa shape index (κ3) is 4.11. The van der Waals surface area contributed by atoms with E-state index in [1.54, 1.807) is 6.20 Å². The molecule has 0 aliphatic carbocycles. The van der Waals surface area contributed by atoms with Crippen LogP contribution in [0.25, 0.3) is 0 Å². The number of nitrogens with zero attached hydrogens (tertiary/aromatic N) is 4. The summed E-state index contributed by atoms with van der Waals surface area (Å²) in [4.78, 5) is 23.6. The molecule has 1 aromatic carbocycles. The zero-order chi connectivity index (χ0) is 21.3. The minimum absolute atomic E-state index is 0.198.